The van der Waals surface area contributed by atoms with E-state index >= 15 is 0 Å². The first-order chi connectivity index (χ1) is 15.7. The van der Waals surface area contributed by atoms with Crippen molar-refractivity contribution in [1.82, 2.24) is 0 Å². The molecular weight excluding hydrogens is 424 g/mol. The number of hydrogen-bond acceptors (Lipinski definition) is 5. The Balaban J connectivity index is 1.50. The van der Waals surface area contributed by atoms with Gasteiger partial charge >= 0.3 is 0 Å². The first kappa shape index (κ1) is 23.0. The maximum atomic E-state index is 13.7. The monoisotopic (exact) mass is 457 g/mol. The highest BCUT2D eigenvalue weighted by atomic mass is 32.2. The van der Waals surface area contributed by atoms with Crippen LogP contribution in [0.2, 0.25) is 0 Å². The van der Waals surface area contributed by atoms with Gasteiger partial charge in [0.25, 0.3) is 0 Å². The molecule has 0 bridgehead atoms. The van der Waals surface area contributed by atoms with Gasteiger partial charge in [0.1, 0.15) is 23.0 Å². The molecule has 0 spiro atoms. The standard InChI is InChI=1S/C26H33O5S/c1-28-22-12-13-23(24(18-22)29-2)31-21-10-8-19(9-11-21)25(27)26(20-6-4-3-5-7-20)32-16-14-30-15-17-32/h8-13,18,20,26H,3-7,14-17H2,1-2H3/q+1. The zero-order chi connectivity index (χ0) is 22.3. The first-order valence-electron chi connectivity index (χ1n) is 11.5. The van der Waals surface area contributed by atoms with E-state index in [1.165, 1.54) is 32.1 Å². The Morgan fingerprint density at radius 1 is 0.906 bits per heavy atom. The van der Waals surface area contributed by atoms with E-state index < -0.39 is 0 Å². The van der Waals surface area contributed by atoms with Crippen molar-refractivity contribution in [2.75, 3.05) is 38.9 Å². The Morgan fingerprint density at radius 2 is 1.59 bits per heavy atom. The van der Waals surface area contributed by atoms with Crippen molar-refractivity contribution < 1.29 is 23.7 Å². The van der Waals surface area contributed by atoms with Gasteiger partial charge in [0.05, 0.1) is 27.4 Å². The fraction of sp³-hybridized carbons (Fsp3) is 0.500. The second kappa shape index (κ2) is 11.1. The number of benzene rings is 2. The molecule has 5 nitrogen and oxygen atoms in total. The van der Waals surface area contributed by atoms with Crippen molar-refractivity contribution in [3.05, 3.63) is 48.0 Å². The van der Waals surface area contributed by atoms with E-state index in [2.05, 4.69) is 0 Å². The summed E-state index contributed by atoms with van der Waals surface area (Å²) in [5.74, 6) is 5.44. The maximum Gasteiger partial charge on any atom is 0.215 e. The lowest BCUT2D eigenvalue weighted by Gasteiger charge is -2.30. The van der Waals surface area contributed by atoms with Crippen LogP contribution >= 0.6 is 0 Å². The van der Waals surface area contributed by atoms with Crippen molar-refractivity contribution >= 4 is 16.7 Å². The van der Waals surface area contributed by atoms with Crippen LogP contribution in [0.5, 0.6) is 23.0 Å². The van der Waals surface area contributed by atoms with Gasteiger partial charge in [0, 0.05) is 28.4 Å². The Labute approximate surface area is 193 Å². The predicted molar refractivity (Wildman–Crippen MR) is 129 cm³/mol. The SMILES string of the molecule is COc1ccc(Oc2ccc(C(=O)C(C3CCCCC3)[S+]3CCOCC3)cc2)c(OC)c1. The molecule has 1 aliphatic heterocycles. The summed E-state index contributed by atoms with van der Waals surface area (Å²) in [4.78, 5) is 13.7. The van der Waals surface area contributed by atoms with E-state index in [-0.39, 0.29) is 16.1 Å². The first-order valence-corrected chi connectivity index (χ1v) is 13.1. The van der Waals surface area contributed by atoms with Gasteiger partial charge in [-0.3, -0.25) is 4.79 Å². The molecule has 2 aliphatic rings. The number of carbonyl (C=O) groups excluding carboxylic acids is 1. The summed E-state index contributed by atoms with van der Waals surface area (Å²) >= 11 is 0. The summed E-state index contributed by atoms with van der Waals surface area (Å²) in [6.45, 7) is 1.58. The van der Waals surface area contributed by atoms with Crippen LogP contribution in [0.1, 0.15) is 42.5 Å². The maximum absolute atomic E-state index is 13.7. The van der Waals surface area contributed by atoms with Gasteiger partial charge in [0.2, 0.25) is 5.78 Å². The highest BCUT2D eigenvalue weighted by Gasteiger charge is 2.44. The quantitative estimate of drug-likeness (QED) is 0.399. The van der Waals surface area contributed by atoms with Crippen LogP contribution in [-0.2, 0) is 15.6 Å². The number of rotatable bonds is 8. The van der Waals surface area contributed by atoms with Crippen LogP contribution in [0, 0.1) is 5.92 Å². The van der Waals surface area contributed by atoms with E-state index in [4.69, 9.17) is 18.9 Å². The van der Waals surface area contributed by atoms with E-state index in [1.54, 1.807) is 20.3 Å². The minimum Gasteiger partial charge on any atom is -0.497 e. The zero-order valence-electron chi connectivity index (χ0n) is 19.0. The molecule has 6 heteroatoms. The van der Waals surface area contributed by atoms with E-state index in [0.717, 1.165) is 30.3 Å². The molecule has 32 heavy (non-hydrogen) atoms. The minimum atomic E-state index is 0.111. The third-order valence-electron chi connectivity index (χ3n) is 6.41. The molecular formula is C26H33O5S+. The Kier molecular flexibility index (Phi) is 7.98. The summed E-state index contributed by atoms with van der Waals surface area (Å²) in [6, 6.07) is 13.0. The van der Waals surface area contributed by atoms with Crippen LogP contribution in [0.15, 0.2) is 42.5 Å². The van der Waals surface area contributed by atoms with Crippen LogP contribution in [0.4, 0.5) is 0 Å². The summed E-state index contributed by atoms with van der Waals surface area (Å²) in [7, 11) is 3.33. The van der Waals surface area contributed by atoms with Crippen LogP contribution in [0.3, 0.4) is 0 Å². The number of carbonyl (C=O) groups is 1. The molecule has 172 valence electrons. The van der Waals surface area contributed by atoms with Gasteiger partial charge in [-0.15, -0.1) is 0 Å². The molecule has 1 atom stereocenters. The lowest BCUT2D eigenvalue weighted by atomic mass is 9.84. The molecule has 1 saturated heterocycles. The number of ketones is 1. The predicted octanol–water partition coefficient (Wildman–Crippen LogP) is 5.28. The van der Waals surface area contributed by atoms with E-state index in [1.807, 2.05) is 36.4 Å². The number of Topliss-reactive ketones (excluding diaryl/α,β-unsaturated/α-hetero) is 1. The fourth-order valence-corrected chi connectivity index (χ4v) is 7.33. The van der Waals surface area contributed by atoms with Gasteiger partial charge in [-0.25, -0.2) is 0 Å². The van der Waals surface area contributed by atoms with Gasteiger partial charge in [-0.1, -0.05) is 19.3 Å². The smallest absolute Gasteiger partial charge is 0.215 e. The molecule has 2 aromatic carbocycles. The van der Waals surface area contributed by atoms with Gasteiger partial charge in [0.15, 0.2) is 16.7 Å². The summed E-state index contributed by atoms with van der Waals surface area (Å²) < 4.78 is 22.3. The Bertz CT molecular complexity index is 868. The van der Waals surface area contributed by atoms with Crippen molar-refractivity contribution in [2.45, 2.75) is 37.4 Å². The molecule has 0 aromatic heterocycles. The largest absolute Gasteiger partial charge is 0.497 e. The highest BCUT2D eigenvalue weighted by Crippen LogP contribution is 2.36. The number of ether oxygens (including phenoxy) is 4. The fourth-order valence-electron chi connectivity index (χ4n) is 4.70. The van der Waals surface area contributed by atoms with Crippen molar-refractivity contribution in [3.63, 3.8) is 0 Å². The molecule has 1 saturated carbocycles. The Hall–Kier alpha value is -2.18. The summed E-state index contributed by atoms with van der Waals surface area (Å²) in [6.07, 6.45) is 6.16. The van der Waals surface area contributed by atoms with Gasteiger partial charge in [-0.05, 0) is 49.2 Å². The molecule has 0 N–H and O–H groups in total. The van der Waals surface area contributed by atoms with Crippen molar-refractivity contribution in [3.8, 4) is 23.0 Å². The second-order valence-corrected chi connectivity index (χ2v) is 10.8. The molecule has 1 heterocycles. The minimum absolute atomic E-state index is 0.111. The molecule has 0 amide bonds. The average molecular weight is 458 g/mol. The van der Waals surface area contributed by atoms with Crippen LogP contribution in [0.25, 0.3) is 0 Å². The second-order valence-electron chi connectivity index (χ2n) is 8.38. The highest BCUT2D eigenvalue weighted by molar-refractivity contribution is 7.98. The molecule has 2 fully saturated rings. The molecule has 1 aliphatic carbocycles. The molecule has 0 radical (unpaired) electrons. The summed E-state index contributed by atoms with van der Waals surface area (Å²) in [5.41, 5.74) is 0.786. The lowest BCUT2D eigenvalue weighted by Crippen LogP contribution is -2.45. The van der Waals surface area contributed by atoms with Crippen molar-refractivity contribution in [2.24, 2.45) is 5.92 Å². The van der Waals surface area contributed by atoms with Crippen molar-refractivity contribution in [1.29, 1.82) is 0 Å². The zero-order valence-corrected chi connectivity index (χ0v) is 19.8. The molecule has 4 rings (SSSR count). The van der Waals surface area contributed by atoms with E-state index in [9.17, 15) is 4.79 Å². The third-order valence-corrected chi connectivity index (χ3v) is 9.11. The van der Waals surface area contributed by atoms with Crippen LogP contribution < -0.4 is 14.2 Å². The van der Waals surface area contributed by atoms with Gasteiger partial charge < -0.3 is 18.9 Å². The normalized spacial score (nSPS) is 18.7. The van der Waals surface area contributed by atoms with Crippen LogP contribution in [-0.4, -0.2) is 50.0 Å². The molecule has 2 aromatic rings. The van der Waals surface area contributed by atoms with E-state index in [0.29, 0.717) is 34.7 Å². The topological polar surface area (TPSA) is 54.0 Å². The molecule has 1 unspecified atom stereocenters. The number of methoxy groups -OCH3 is 2. The Morgan fingerprint density at radius 3 is 2.25 bits per heavy atom. The number of hydrogen-bond donors (Lipinski definition) is 0. The van der Waals surface area contributed by atoms with Gasteiger partial charge in [-0.2, -0.15) is 0 Å². The third kappa shape index (κ3) is 5.41. The summed E-state index contributed by atoms with van der Waals surface area (Å²) in [5, 5.41) is 0.132. The lowest BCUT2D eigenvalue weighted by molar-refractivity contribution is 0.0955. The average Bonchev–Trinajstić information content (AvgIpc) is 2.86.